The second-order valence-corrected chi connectivity index (χ2v) is 6.88. The molecule has 1 unspecified atom stereocenters. The molecule has 0 radical (unpaired) electrons. The Hall–Kier alpha value is -0.330. The molecule has 1 aromatic rings. The number of halogens is 2. The predicted octanol–water partition coefficient (Wildman–Crippen LogP) is 2.15. The first-order chi connectivity index (χ1) is 8.28. The maximum absolute atomic E-state index is 11.8. The van der Waals surface area contributed by atoms with E-state index in [1.54, 1.807) is 18.2 Å². The van der Waals surface area contributed by atoms with Gasteiger partial charge < -0.3 is 5.73 Å². The van der Waals surface area contributed by atoms with Gasteiger partial charge in [-0.1, -0.05) is 23.2 Å². The van der Waals surface area contributed by atoms with Crippen LogP contribution in [0.15, 0.2) is 18.2 Å². The van der Waals surface area contributed by atoms with E-state index in [-0.39, 0.29) is 11.8 Å². The Bertz CT molecular complexity index is 484. The summed E-state index contributed by atoms with van der Waals surface area (Å²) in [5, 5.41) is 0.839. The molecule has 4 nitrogen and oxygen atoms in total. The van der Waals surface area contributed by atoms with Crippen LogP contribution in [0.4, 0.5) is 0 Å². The molecule has 0 saturated heterocycles. The van der Waals surface area contributed by atoms with Gasteiger partial charge in [0.1, 0.15) is 0 Å². The summed E-state index contributed by atoms with van der Waals surface area (Å²) in [6.45, 7) is 2.15. The fourth-order valence-electron chi connectivity index (χ4n) is 1.41. The fourth-order valence-corrected chi connectivity index (χ4v) is 3.11. The number of hydrogen-bond donors (Lipinski definition) is 2. The highest BCUT2D eigenvalue weighted by Crippen LogP contribution is 2.20. The molecule has 0 aromatic heterocycles. The summed E-state index contributed by atoms with van der Waals surface area (Å²) in [5.74, 6) is -0.147. The molecule has 18 heavy (non-hydrogen) atoms. The van der Waals surface area contributed by atoms with E-state index in [2.05, 4.69) is 4.72 Å². The monoisotopic (exact) mass is 310 g/mol. The van der Waals surface area contributed by atoms with Crippen molar-refractivity contribution in [2.24, 2.45) is 5.73 Å². The minimum atomic E-state index is -3.39. The fraction of sp³-hybridized carbons (Fsp3) is 0.455. The molecule has 0 spiro atoms. The molecule has 0 heterocycles. The second kappa shape index (κ2) is 6.73. The molecule has 0 aliphatic carbocycles. The third-order valence-corrected chi connectivity index (χ3v) is 3.99. The van der Waals surface area contributed by atoms with Crippen LogP contribution in [0.5, 0.6) is 0 Å². The maximum Gasteiger partial charge on any atom is 0.215 e. The Balaban J connectivity index is 2.64. The average Bonchev–Trinajstić information content (AvgIpc) is 2.12. The molecule has 7 heteroatoms. The lowest BCUT2D eigenvalue weighted by Crippen LogP contribution is -2.29. The van der Waals surface area contributed by atoms with Crippen molar-refractivity contribution in [3.63, 3.8) is 0 Å². The first-order valence-electron chi connectivity index (χ1n) is 5.46. The smallest absolute Gasteiger partial charge is 0.215 e. The van der Waals surface area contributed by atoms with Gasteiger partial charge in [0.25, 0.3) is 0 Å². The molecule has 0 bridgehead atoms. The molecule has 0 aliphatic heterocycles. The molecule has 1 rings (SSSR count). The van der Waals surface area contributed by atoms with Crippen molar-refractivity contribution in [1.82, 2.24) is 4.72 Å². The van der Waals surface area contributed by atoms with Crippen LogP contribution < -0.4 is 10.5 Å². The third kappa shape index (κ3) is 6.02. The lowest BCUT2D eigenvalue weighted by atomic mass is 10.2. The highest BCUT2D eigenvalue weighted by molar-refractivity contribution is 7.88. The van der Waals surface area contributed by atoms with Crippen molar-refractivity contribution in [3.8, 4) is 0 Å². The van der Waals surface area contributed by atoms with Gasteiger partial charge in [-0.25, -0.2) is 13.1 Å². The molecule has 1 aromatic carbocycles. The van der Waals surface area contributed by atoms with Crippen LogP contribution in [0.1, 0.15) is 18.9 Å². The number of benzene rings is 1. The largest absolute Gasteiger partial charge is 0.328 e. The van der Waals surface area contributed by atoms with E-state index in [4.69, 9.17) is 28.9 Å². The molecule has 0 aliphatic rings. The molecule has 102 valence electrons. The normalized spacial score (nSPS) is 13.6. The summed E-state index contributed by atoms with van der Waals surface area (Å²) >= 11 is 11.6. The lowest BCUT2D eigenvalue weighted by molar-refractivity contribution is 0.571. The predicted molar refractivity (Wildman–Crippen MR) is 75.4 cm³/mol. The topological polar surface area (TPSA) is 72.2 Å². The van der Waals surface area contributed by atoms with Gasteiger partial charge in [-0.2, -0.15) is 0 Å². The Kier molecular flexibility index (Phi) is 5.88. The molecule has 3 N–H and O–H groups in total. The maximum atomic E-state index is 11.8. The standard InChI is InChI=1S/C11H16Cl2N2O2S/c1-8(14)2-3-15-18(16,17)7-9-4-10(12)6-11(13)5-9/h4-6,8,15H,2-3,7,14H2,1H3. The first kappa shape index (κ1) is 15.7. The molecular formula is C11H16Cl2N2O2S. The summed E-state index contributed by atoms with van der Waals surface area (Å²) in [6.07, 6.45) is 0.593. The van der Waals surface area contributed by atoms with Crippen molar-refractivity contribution in [2.45, 2.75) is 25.1 Å². The molecule has 1 atom stereocenters. The highest BCUT2D eigenvalue weighted by atomic mass is 35.5. The van der Waals surface area contributed by atoms with Gasteiger partial charge >= 0.3 is 0 Å². The van der Waals surface area contributed by atoms with Gasteiger partial charge in [0.05, 0.1) is 5.75 Å². The van der Waals surface area contributed by atoms with Crippen molar-refractivity contribution in [1.29, 1.82) is 0 Å². The van der Waals surface area contributed by atoms with E-state index in [1.807, 2.05) is 6.92 Å². The summed E-state index contributed by atoms with van der Waals surface area (Å²) < 4.78 is 26.0. The number of nitrogens with two attached hydrogens (primary N) is 1. The van der Waals surface area contributed by atoms with Crippen molar-refractivity contribution in [3.05, 3.63) is 33.8 Å². The third-order valence-electron chi connectivity index (χ3n) is 2.20. The van der Waals surface area contributed by atoms with Gasteiger partial charge in [0.15, 0.2) is 0 Å². The Morgan fingerprint density at radius 3 is 2.33 bits per heavy atom. The van der Waals surface area contributed by atoms with Crippen LogP contribution in [0.2, 0.25) is 10.0 Å². The minimum Gasteiger partial charge on any atom is -0.328 e. The van der Waals surface area contributed by atoms with Crippen LogP contribution in [0.25, 0.3) is 0 Å². The van der Waals surface area contributed by atoms with Crippen molar-refractivity contribution in [2.75, 3.05) is 6.54 Å². The molecule has 0 fully saturated rings. The van der Waals surface area contributed by atoms with Crippen LogP contribution in [-0.4, -0.2) is 21.0 Å². The van der Waals surface area contributed by atoms with Gasteiger partial charge in [-0.3, -0.25) is 0 Å². The Labute approximate surface area is 118 Å². The van der Waals surface area contributed by atoms with Crippen molar-refractivity contribution >= 4 is 33.2 Å². The van der Waals surface area contributed by atoms with Crippen molar-refractivity contribution < 1.29 is 8.42 Å². The van der Waals surface area contributed by atoms with E-state index in [0.717, 1.165) is 0 Å². The van der Waals surface area contributed by atoms with E-state index in [1.165, 1.54) is 0 Å². The Morgan fingerprint density at radius 1 is 1.28 bits per heavy atom. The molecule has 0 amide bonds. The first-order valence-corrected chi connectivity index (χ1v) is 7.87. The average molecular weight is 311 g/mol. The summed E-state index contributed by atoms with van der Waals surface area (Å²) in [7, 11) is -3.39. The van der Waals surface area contributed by atoms with Crippen LogP contribution in [-0.2, 0) is 15.8 Å². The number of sulfonamides is 1. The zero-order valence-corrected chi connectivity index (χ0v) is 12.3. The SMILES string of the molecule is CC(N)CCNS(=O)(=O)Cc1cc(Cl)cc(Cl)c1. The van der Waals surface area contributed by atoms with E-state index >= 15 is 0 Å². The zero-order valence-electron chi connectivity index (χ0n) is 9.99. The van der Waals surface area contributed by atoms with Gasteiger partial charge in [-0.15, -0.1) is 0 Å². The quantitative estimate of drug-likeness (QED) is 0.845. The summed E-state index contributed by atoms with van der Waals surface area (Å²) in [5.41, 5.74) is 6.10. The van der Waals surface area contributed by atoms with Crippen LogP contribution in [0, 0.1) is 0 Å². The van der Waals surface area contributed by atoms with Gasteiger partial charge in [-0.05, 0) is 37.1 Å². The second-order valence-electron chi connectivity index (χ2n) is 4.20. The van der Waals surface area contributed by atoms with Gasteiger partial charge in [0, 0.05) is 22.6 Å². The highest BCUT2D eigenvalue weighted by Gasteiger charge is 2.12. The molecule has 0 saturated carbocycles. The Morgan fingerprint density at radius 2 is 1.83 bits per heavy atom. The van der Waals surface area contributed by atoms with Crippen LogP contribution >= 0.6 is 23.2 Å². The van der Waals surface area contributed by atoms with E-state index in [9.17, 15) is 8.42 Å². The number of rotatable bonds is 6. The minimum absolute atomic E-state index is 0.0340. The molecular weight excluding hydrogens is 295 g/mol. The summed E-state index contributed by atoms with van der Waals surface area (Å²) in [4.78, 5) is 0. The van der Waals surface area contributed by atoms with E-state index < -0.39 is 10.0 Å². The van der Waals surface area contributed by atoms with Crippen LogP contribution in [0.3, 0.4) is 0 Å². The van der Waals surface area contributed by atoms with E-state index in [0.29, 0.717) is 28.6 Å². The lowest BCUT2D eigenvalue weighted by Gasteiger charge is -2.09. The zero-order chi connectivity index (χ0) is 13.8. The van der Waals surface area contributed by atoms with Gasteiger partial charge in [0.2, 0.25) is 10.0 Å². The number of nitrogens with one attached hydrogen (secondary N) is 1. The summed E-state index contributed by atoms with van der Waals surface area (Å²) in [6, 6.07) is 4.69. The number of hydrogen-bond acceptors (Lipinski definition) is 3.